The van der Waals surface area contributed by atoms with Crippen molar-refractivity contribution in [2.24, 2.45) is 0 Å². The average Bonchev–Trinajstić information content (AvgIpc) is 2.57. The summed E-state index contributed by atoms with van der Waals surface area (Å²) in [6, 6.07) is 11.8. The molecule has 0 aliphatic rings. The lowest BCUT2D eigenvalue weighted by Gasteiger charge is -2.10. The second-order valence-corrected chi connectivity index (χ2v) is 5.34. The number of rotatable bonds is 4. The average molecular weight is 340 g/mol. The molecule has 0 fully saturated rings. The molecule has 5 N–H and O–H groups in total. The zero-order chi connectivity index (χ0) is 18.4. The van der Waals surface area contributed by atoms with E-state index in [-0.39, 0.29) is 18.3 Å². The topological polar surface area (TPSA) is 117 Å². The van der Waals surface area contributed by atoms with Gasteiger partial charge < -0.3 is 15.8 Å². The number of amidine groups is 1. The van der Waals surface area contributed by atoms with Gasteiger partial charge in [0.15, 0.2) is 0 Å². The van der Waals surface area contributed by atoms with E-state index in [1.165, 1.54) is 0 Å². The van der Waals surface area contributed by atoms with Crippen molar-refractivity contribution < 1.29 is 14.3 Å². The number of carbonyl (C=O) groups excluding carboxylic acids is 2. The molecule has 0 aromatic heterocycles. The maximum absolute atomic E-state index is 12.3. The van der Waals surface area contributed by atoms with Crippen LogP contribution in [-0.4, -0.2) is 24.4 Å². The highest BCUT2D eigenvalue weighted by Crippen LogP contribution is 2.17. The quantitative estimate of drug-likeness (QED) is 0.389. The number of alkyl carbamates (subject to hydrolysis) is 1. The molecule has 0 aliphatic heterocycles. The van der Waals surface area contributed by atoms with Crippen molar-refractivity contribution >= 4 is 29.2 Å². The van der Waals surface area contributed by atoms with Crippen LogP contribution in [0.4, 0.5) is 16.2 Å². The molecule has 0 saturated heterocycles. The predicted molar refractivity (Wildman–Crippen MR) is 97.0 cm³/mol. The molecule has 0 radical (unpaired) electrons. The van der Waals surface area contributed by atoms with E-state index in [1.807, 2.05) is 13.0 Å². The number of carbonyl (C=O) groups is 2. The first-order chi connectivity index (χ1) is 11.9. The summed E-state index contributed by atoms with van der Waals surface area (Å²) in [5, 5.41) is 12.9. The fourth-order valence-corrected chi connectivity index (χ4v) is 2.13. The highest BCUT2D eigenvalue weighted by Gasteiger charge is 2.11. The number of nitrogen functional groups attached to an aromatic ring is 1. The van der Waals surface area contributed by atoms with Crippen LogP contribution in [0.25, 0.3) is 0 Å². The first-order valence-electron chi connectivity index (χ1n) is 7.71. The molecule has 25 heavy (non-hydrogen) atoms. The number of ether oxygens (including phenoxy) is 1. The van der Waals surface area contributed by atoms with Crippen LogP contribution in [0, 0.1) is 12.3 Å². The molecule has 7 nitrogen and oxygen atoms in total. The lowest BCUT2D eigenvalue weighted by atomic mass is 10.1. The van der Waals surface area contributed by atoms with Crippen molar-refractivity contribution in [3.63, 3.8) is 0 Å². The van der Waals surface area contributed by atoms with Gasteiger partial charge in [0, 0.05) is 16.9 Å². The number of amides is 2. The predicted octanol–water partition coefficient (Wildman–Crippen LogP) is 2.90. The SMILES string of the molecule is CCOC(=O)NC(=N)c1ccc(NC(=O)c2cc(C)ccc2N)cc1. The van der Waals surface area contributed by atoms with E-state index in [9.17, 15) is 9.59 Å². The van der Waals surface area contributed by atoms with Crippen LogP contribution in [-0.2, 0) is 4.74 Å². The van der Waals surface area contributed by atoms with Crippen LogP contribution in [0.15, 0.2) is 42.5 Å². The molecule has 0 saturated carbocycles. The van der Waals surface area contributed by atoms with E-state index >= 15 is 0 Å². The van der Waals surface area contributed by atoms with Gasteiger partial charge in [-0.15, -0.1) is 0 Å². The minimum Gasteiger partial charge on any atom is -0.450 e. The zero-order valence-electron chi connectivity index (χ0n) is 14.1. The highest BCUT2D eigenvalue weighted by atomic mass is 16.5. The van der Waals surface area contributed by atoms with Gasteiger partial charge in [-0.3, -0.25) is 15.5 Å². The Kier molecular flexibility index (Phi) is 5.73. The van der Waals surface area contributed by atoms with Gasteiger partial charge in [0.05, 0.1) is 12.2 Å². The second-order valence-electron chi connectivity index (χ2n) is 5.34. The summed E-state index contributed by atoms with van der Waals surface area (Å²) in [4.78, 5) is 23.6. The van der Waals surface area contributed by atoms with Crippen LogP contribution in [0.2, 0.25) is 0 Å². The lowest BCUT2D eigenvalue weighted by Crippen LogP contribution is -2.31. The number of hydrogen-bond donors (Lipinski definition) is 4. The summed E-state index contributed by atoms with van der Waals surface area (Å²) in [6.07, 6.45) is -0.681. The first-order valence-corrected chi connectivity index (χ1v) is 7.71. The Labute approximate surface area is 145 Å². The highest BCUT2D eigenvalue weighted by molar-refractivity contribution is 6.08. The maximum Gasteiger partial charge on any atom is 0.412 e. The standard InChI is InChI=1S/C18H20N4O3/c1-3-25-18(24)22-16(20)12-5-7-13(8-6-12)21-17(23)14-10-11(2)4-9-15(14)19/h4-10H,3,19H2,1-2H3,(H,21,23)(H2,20,22,24). The normalized spacial score (nSPS) is 10.0. The van der Waals surface area contributed by atoms with Crippen LogP contribution in [0.5, 0.6) is 0 Å². The van der Waals surface area contributed by atoms with Crippen LogP contribution < -0.4 is 16.4 Å². The molecule has 0 spiro atoms. The summed E-state index contributed by atoms with van der Waals surface area (Å²) in [7, 11) is 0. The van der Waals surface area contributed by atoms with Crippen molar-refractivity contribution in [3.8, 4) is 0 Å². The number of anilines is 2. The Bertz CT molecular complexity index is 800. The Morgan fingerprint density at radius 3 is 2.48 bits per heavy atom. The van der Waals surface area contributed by atoms with Crippen molar-refractivity contribution in [2.75, 3.05) is 17.7 Å². The summed E-state index contributed by atoms with van der Waals surface area (Å²) >= 11 is 0. The third kappa shape index (κ3) is 4.81. The minimum absolute atomic E-state index is 0.0840. The third-order valence-corrected chi connectivity index (χ3v) is 3.39. The summed E-state index contributed by atoms with van der Waals surface area (Å²) in [6.45, 7) is 3.79. The van der Waals surface area contributed by atoms with Crippen molar-refractivity contribution in [3.05, 3.63) is 59.2 Å². The van der Waals surface area contributed by atoms with Crippen LogP contribution >= 0.6 is 0 Å². The van der Waals surface area contributed by atoms with Crippen LogP contribution in [0.1, 0.15) is 28.4 Å². The number of aryl methyl sites for hydroxylation is 1. The molecule has 0 aliphatic carbocycles. The van der Waals surface area contributed by atoms with E-state index in [2.05, 4.69) is 10.6 Å². The number of hydrogen-bond acceptors (Lipinski definition) is 5. The minimum atomic E-state index is -0.681. The van der Waals surface area contributed by atoms with Crippen molar-refractivity contribution in [2.45, 2.75) is 13.8 Å². The molecule has 130 valence electrons. The fourth-order valence-electron chi connectivity index (χ4n) is 2.13. The second kappa shape index (κ2) is 7.96. The smallest absolute Gasteiger partial charge is 0.412 e. The van der Waals surface area contributed by atoms with E-state index in [0.29, 0.717) is 22.5 Å². The van der Waals surface area contributed by atoms with E-state index < -0.39 is 6.09 Å². The monoisotopic (exact) mass is 340 g/mol. The van der Waals surface area contributed by atoms with Gasteiger partial charge in [0.25, 0.3) is 5.91 Å². The molecule has 2 aromatic carbocycles. The summed E-state index contributed by atoms with van der Waals surface area (Å²) in [5.74, 6) is -0.395. The number of benzene rings is 2. The summed E-state index contributed by atoms with van der Waals surface area (Å²) in [5.41, 5.74) is 8.62. The van der Waals surface area contributed by atoms with Crippen LogP contribution in [0.3, 0.4) is 0 Å². The van der Waals surface area contributed by atoms with E-state index in [0.717, 1.165) is 5.56 Å². The van der Waals surface area contributed by atoms with E-state index in [4.69, 9.17) is 15.9 Å². The molecule has 2 amide bonds. The Hall–Kier alpha value is -3.35. The van der Waals surface area contributed by atoms with Gasteiger partial charge >= 0.3 is 6.09 Å². The third-order valence-electron chi connectivity index (χ3n) is 3.39. The van der Waals surface area contributed by atoms with Gasteiger partial charge in [-0.25, -0.2) is 4.79 Å². The maximum atomic E-state index is 12.3. The van der Waals surface area contributed by atoms with Crippen molar-refractivity contribution in [1.29, 1.82) is 5.41 Å². The number of nitrogens with one attached hydrogen (secondary N) is 3. The molecule has 2 rings (SSSR count). The molecule has 7 heteroatoms. The first kappa shape index (κ1) is 18.0. The van der Waals surface area contributed by atoms with Crippen molar-refractivity contribution in [1.82, 2.24) is 5.32 Å². The summed E-state index contributed by atoms with van der Waals surface area (Å²) < 4.78 is 4.72. The molecule has 0 bridgehead atoms. The van der Waals surface area contributed by atoms with Gasteiger partial charge in [-0.05, 0) is 50.2 Å². The van der Waals surface area contributed by atoms with Gasteiger partial charge in [0.2, 0.25) is 0 Å². The molecule has 0 unspecified atom stereocenters. The Morgan fingerprint density at radius 2 is 1.84 bits per heavy atom. The van der Waals surface area contributed by atoms with Gasteiger partial charge in [-0.2, -0.15) is 0 Å². The lowest BCUT2D eigenvalue weighted by molar-refractivity contribution is 0.102. The molecular weight excluding hydrogens is 320 g/mol. The largest absolute Gasteiger partial charge is 0.450 e. The molecular formula is C18H20N4O3. The van der Waals surface area contributed by atoms with E-state index in [1.54, 1.807) is 43.3 Å². The fraction of sp³-hybridized carbons (Fsp3) is 0.167. The molecule has 0 atom stereocenters. The van der Waals surface area contributed by atoms with Gasteiger partial charge in [-0.1, -0.05) is 11.6 Å². The number of nitrogens with two attached hydrogens (primary N) is 1. The Morgan fingerprint density at radius 1 is 1.16 bits per heavy atom. The van der Waals surface area contributed by atoms with Gasteiger partial charge in [0.1, 0.15) is 5.84 Å². The molecule has 0 heterocycles. The Balaban J connectivity index is 2.05. The zero-order valence-corrected chi connectivity index (χ0v) is 14.1. The molecule has 2 aromatic rings.